The summed E-state index contributed by atoms with van der Waals surface area (Å²) in [5, 5.41) is 5.73. The van der Waals surface area contributed by atoms with Crippen molar-refractivity contribution in [2.75, 3.05) is 0 Å². The minimum Gasteiger partial charge on any atom is -0.460 e. The second-order valence-corrected chi connectivity index (χ2v) is 11.2. The Bertz CT molecular complexity index is 582. The normalized spacial score (nSPS) is 14.4. The molecule has 182 valence electrons. The van der Waals surface area contributed by atoms with Crippen molar-refractivity contribution in [1.29, 1.82) is 0 Å². The molecule has 31 heavy (non-hydrogen) atoms. The number of carbonyl (C=O) groups excluding carboxylic acids is 3. The van der Waals surface area contributed by atoms with Gasteiger partial charge in [-0.25, -0.2) is 9.59 Å². The molecule has 0 saturated heterocycles. The van der Waals surface area contributed by atoms with E-state index in [1.165, 1.54) is 0 Å². The summed E-state index contributed by atoms with van der Waals surface area (Å²) < 4.78 is 10.8. The van der Waals surface area contributed by atoms with E-state index in [0.717, 1.165) is 25.7 Å². The van der Waals surface area contributed by atoms with Gasteiger partial charge in [0.25, 0.3) is 0 Å². The van der Waals surface area contributed by atoms with Crippen LogP contribution < -0.4 is 10.6 Å². The Morgan fingerprint density at radius 2 is 1.32 bits per heavy atom. The fourth-order valence-electron chi connectivity index (χ4n) is 2.95. The highest BCUT2D eigenvalue weighted by Crippen LogP contribution is 2.24. The molecule has 2 N–H and O–H groups in total. The molecule has 2 amide bonds. The minimum absolute atomic E-state index is 0.000654. The SMILES string of the molecule is CCCCC[C@H](NC(=O)N[C@H](CCC(=O)OC(C)(C)C)C(=O)OC(C)(C)C)C(C)(C)C. The molecular weight excluding hydrogens is 396 g/mol. The van der Waals surface area contributed by atoms with E-state index in [9.17, 15) is 14.4 Å². The minimum atomic E-state index is -0.942. The zero-order valence-electron chi connectivity index (χ0n) is 21.4. The molecule has 0 aromatic heterocycles. The number of carbonyl (C=O) groups is 3. The zero-order chi connectivity index (χ0) is 24.5. The molecule has 0 heterocycles. The van der Waals surface area contributed by atoms with Crippen molar-refractivity contribution in [3.05, 3.63) is 0 Å². The maximum absolute atomic E-state index is 12.7. The van der Waals surface area contributed by atoms with Crippen LogP contribution in [0.4, 0.5) is 4.79 Å². The first kappa shape index (κ1) is 29.2. The van der Waals surface area contributed by atoms with Gasteiger partial charge < -0.3 is 20.1 Å². The van der Waals surface area contributed by atoms with Crippen molar-refractivity contribution < 1.29 is 23.9 Å². The van der Waals surface area contributed by atoms with Gasteiger partial charge in [0.15, 0.2) is 0 Å². The molecule has 0 bridgehead atoms. The Kier molecular flexibility index (Phi) is 11.6. The number of amides is 2. The lowest BCUT2D eigenvalue weighted by atomic mass is 9.83. The summed E-state index contributed by atoms with van der Waals surface area (Å²) in [5.41, 5.74) is -1.43. The van der Waals surface area contributed by atoms with Gasteiger partial charge in [0.05, 0.1) is 0 Å². The summed E-state index contributed by atoms with van der Waals surface area (Å²) >= 11 is 0. The quantitative estimate of drug-likeness (QED) is 0.362. The molecule has 0 saturated carbocycles. The number of nitrogens with one attached hydrogen (secondary N) is 2. The monoisotopic (exact) mass is 442 g/mol. The Labute approximate surface area is 189 Å². The van der Waals surface area contributed by atoms with Crippen molar-refractivity contribution in [2.24, 2.45) is 5.41 Å². The molecule has 0 rings (SSSR count). The topological polar surface area (TPSA) is 93.7 Å². The zero-order valence-corrected chi connectivity index (χ0v) is 21.4. The second-order valence-electron chi connectivity index (χ2n) is 11.2. The summed E-state index contributed by atoms with van der Waals surface area (Å²) in [5.74, 6) is -0.986. The Hall–Kier alpha value is -1.79. The van der Waals surface area contributed by atoms with Crippen LogP contribution in [0.15, 0.2) is 0 Å². The third kappa shape index (κ3) is 14.8. The third-order valence-electron chi connectivity index (χ3n) is 4.50. The third-order valence-corrected chi connectivity index (χ3v) is 4.50. The van der Waals surface area contributed by atoms with Gasteiger partial charge >= 0.3 is 18.0 Å². The van der Waals surface area contributed by atoms with Crippen LogP contribution in [0.25, 0.3) is 0 Å². The summed E-state index contributed by atoms with van der Waals surface area (Å²) in [6, 6.07) is -1.41. The summed E-state index contributed by atoms with van der Waals surface area (Å²) in [4.78, 5) is 37.5. The number of rotatable bonds is 10. The van der Waals surface area contributed by atoms with Crippen LogP contribution >= 0.6 is 0 Å². The number of hydrogen-bond acceptors (Lipinski definition) is 5. The molecule has 2 atom stereocenters. The van der Waals surface area contributed by atoms with E-state index < -0.39 is 35.2 Å². The van der Waals surface area contributed by atoms with Crippen molar-refractivity contribution in [1.82, 2.24) is 10.6 Å². The standard InChI is InChI=1S/C24H46N2O5/c1-11-12-13-14-18(22(2,3)4)26-21(29)25-17(20(28)31-24(8,9)10)15-16-19(27)30-23(5,6)7/h17-18H,11-16H2,1-10H3,(H2,25,26,29)/t17-,18+/m1/s1. The van der Waals surface area contributed by atoms with Gasteiger partial charge in [-0.1, -0.05) is 47.0 Å². The van der Waals surface area contributed by atoms with Crippen LogP contribution in [0, 0.1) is 5.41 Å². The predicted molar refractivity (Wildman–Crippen MR) is 124 cm³/mol. The Morgan fingerprint density at radius 3 is 1.77 bits per heavy atom. The smallest absolute Gasteiger partial charge is 0.329 e. The molecule has 0 fully saturated rings. The fraction of sp³-hybridized carbons (Fsp3) is 0.875. The van der Waals surface area contributed by atoms with Crippen LogP contribution in [0.2, 0.25) is 0 Å². The van der Waals surface area contributed by atoms with E-state index in [2.05, 4.69) is 38.3 Å². The lowest BCUT2D eigenvalue weighted by Gasteiger charge is -2.32. The average molecular weight is 443 g/mol. The fourth-order valence-corrected chi connectivity index (χ4v) is 2.95. The molecule has 0 aromatic rings. The number of ether oxygens (including phenoxy) is 2. The van der Waals surface area contributed by atoms with Crippen LogP contribution in [0.3, 0.4) is 0 Å². The van der Waals surface area contributed by atoms with Crippen molar-refractivity contribution >= 4 is 18.0 Å². The highest BCUT2D eigenvalue weighted by Gasteiger charge is 2.31. The van der Waals surface area contributed by atoms with Gasteiger partial charge in [0.2, 0.25) is 0 Å². The first-order chi connectivity index (χ1) is 13.9. The van der Waals surface area contributed by atoms with Crippen molar-refractivity contribution in [3.8, 4) is 0 Å². The van der Waals surface area contributed by atoms with E-state index in [1.807, 2.05) is 0 Å². The van der Waals surface area contributed by atoms with Crippen LogP contribution in [0.1, 0.15) is 108 Å². The molecule has 0 aromatic carbocycles. The van der Waals surface area contributed by atoms with E-state index in [4.69, 9.17) is 9.47 Å². The van der Waals surface area contributed by atoms with Gasteiger partial charge in [0, 0.05) is 12.5 Å². The molecule has 0 radical (unpaired) electrons. The highest BCUT2D eigenvalue weighted by atomic mass is 16.6. The predicted octanol–water partition coefficient (Wildman–Crippen LogP) is 5.11. The second kappa shape index (κ2) is 12.3. The Morgan fingerprint density at radius 1 is 0.774 bits per heavy atom. The first-order valence-corrected chi connectivity index (χ1v) is 11.5. The summed E-state index contributed by atoms with van der Waals surface area (Å²) in [7, 11) is 0. The van der Waals surface area contributed by atoms with Gasteiger partial charge in [-0.3, -0.25) is 4.79 Å². The van der Waals surface area contributed by atoms with Crippen LogP contribution in [-0.4, -0.2) is 41.3 Å². The number of hydrogen-bond donors (Lipinski definition) is 2. The summed E-state index contributed by atoms with van der Waals surface area (Å²) in [6.45, 7) is 19.0. The molecule has 0 unspecified atom stereocenters. The highest BCUT2D eigenvalue weighted by molar-refractivity contribution is 5.84. The van der Waals surface area contributed by atoms with Gasteiger partial charge in [0.1, 0.15) is 17.2 Å². The average Bonchev–Trinajstić information content (AvgIpc) is 2.53. The largest absolute Gasteiger partial charge is 0.460 e. The lowest BCUT2D eigenvalue weighted by Crippen LogP contribution is -2.53. The van der Waals surface area contributed by atoms with E-state index in [1.54, 1.807) is 41.5 Å². The summed E-state index contributed by atoms with van der Waals surface area (Å²) in [6.07, 6.45) is 4.20. The molecule has 0 aliphatic rings. The van der Waals surface area contributed by atoms with Crippen LogP contribution in [0.5, 0.6) is 0 Å². The molecular formula is C24H46N2O5. The van der Waals surface area contributed by atoms with Gasteiger partial charge in [-0.15, -0.1) is 0 Å². The van der Waals surface area contributed by atoms with Crippen molar-refractivity contribution in [2.45, 2.75) is 131 Å². The lowest BCUT2D eigenvalue weighted by molar-refractivity contribution is -0.158. The molecule has 0 aliphatic heterocycles. The van der Waals surface area contributed by atoms with Gasteiger partial charge in [-0.2, -0.15) is 0 Å². The van der Waals surface area contributed by atoms with Gasteiger partial charge in [-0.05, 0) is 59.8 Å². The van der Waals surface area contributed by atoms with Crippen molar-refractivity contribution in [3.63, 3.8) is 0 Å². The number of urea groups is 1. The van der Waals surface area contributed by atoms with E-state index >= 15 is 0 Å². The molecule has 7 heteroatoms. The molecule has 0 aliphatic carbocycles. The van der Waals surface area contributed by atoms with Crippen LogP contribution in [-0.2, 0) is 19.1 Å². The Balaban J connectivity index is 5.19. The molecule has 7 nitrogen and oxygen atoms in total. The number of unbranched alkanes of at least 4 members (excludes halogenated alkanes) is 2. The maximum atomic E-state index is 12.7. The molecule has 0 spiro atoms. The first-order valence-electron chi connectivity index (χ1n) is 11.5. The van der Waals surface area contributed by atoms with E-state index in [-0.39, 0.29) is 24.3 Å². The van der Waals surface area contributed by atoms with E-state index in [0.29, 0.717) is 0 Å². The maximum Gasteiger partial charge on any atom is 0.329 e. The number of esters is 2.